The van der Waals surface area contributed by atoms with E-state index in [2.05, 4.69) is 17.4 Å². The van der Waals surface area contributed by atoms with Crippen molar-refractivity contribution >= 4 is 5.91 Å². The SMILES string of the molecule is O=C(NC1CC(c2ccccc2)C1)C1=C[C@@H](O)[C@@H](O)[C@H](O)C1. The number of amides is 1. The van der Waals surface area contributed by atoms with Crippen molar-refractivity contribution in [3.05, 3.63) is 47.5 Å². The summed E-state index contributed by atoms with van der Waals surface area (Å²) in [5.41, 5.74) is 1.63. The van der Waals surface area contributed by atoms with Crippen LogP contribution in [0.3, 0.4) is 0 Å². The van der Waals surface area contributed by atoms with Crippen LogP contribution in [-0.2, 0) is 4.79 Å². The maximum Gasteiger partial charge on any atom is 0.247 e. The van der Waals surface area contributed by atoms with Gasteiger partial charge in [0.25, 0.3) is 0 Å². The van der Waals surface area contributed by atoms with E-state index in [0.29, 0.717) is 11.5 Å². The molecule has 2 aliphatic carbocycles. The second kappa shape index (κ2) is 6.20. The average molecular weight is 303 g/mol. The molecule has 0 saturated heterocycles. The molecule has 22 heavy (non-hydrogen) atoms. The molecule has 0 aliphatic heterocycles. The lowest BCUT2D eigenvalue weighted by atomic mass is 9.75. The van der Waals surface area contributed by atoms with E-state index in [1.54, 1.807) is 0 Å². The molecule has 2 aliphatic rings. The van der Waals surface area contributed by atoms with Crippen LogP contribution in [0.5, 0.6) is 0 Å². The molecule has 0 heterocycles. The average Bonchev–Trinajstić information content (AvgIpc) is 2.48. The fraction of sp³-hybridized carbons (Fsp3) is 0.471. The highest BCUT2D eigenvalue weighted by molar-refractivity contribution is 5.94. The maximum atomic E-state index is 12.2. The molecule has 0 bridgehead atoms. The lowest BCUT2D eigenvalue weighted by Crippen LogP contribution is -2.47. The fourth-order valence-electron chi connectivity index (χ4n) is 3.13. The smallest absolute Gasteiger partial charge is 0.247 e. The molecule has 5 nitrogen and oxygen atoms in total. The van der Waals surface area contributed by atoms with Gasteiger partial charge in [-0.25, -0.2) is 0 Å². The second-order valence-electron chi connectivity index (χ2n) is 6.19. The number of carbonyl (C=O) groups excluding carboxylic acids is 1. The van der Waals surface area contributed by atoms with Crippen LogP contribution in [0.2, 0.25) is 0 Å². The van der Waals surface area contributed by atoms with Crippen molar-refractivity contribution in [3.8, 4) is 0 Å². The van der Waals surface area contributed by atoms with E-state index < -0.39 is 18.3 Å². The minimum Gasteiger partial charge on any atom is -0.390 e. The van der Waals surface area contributed by atoms with Gasteiger partial charge < -0.3 is 20.6 Å². The zero-order chi connectivity index (χ0) is 15.7. The minimum atomic E-state index is -1.22. The molecular formula is C17H21NO4. The molecule has 1 aromatic rings. The Labute approximate surface area is 129 Å². The molecular weight excluding hydrogens is 282 g/mol. The van der Waals surface area contributed by atoms with Crippen molar-refractivity contribution in [2.24, 2.45) is 0 Å². The van der Waals surface area contributed by atoms with Gasteiger partial charge in [-0.15, -0.1) is 0 Å². The highest BCUT2D eigenvalue weighted by atomic mass is 16.4. The van der Waals surface area contributed by atoms with Gasteiger partial charge in [0.2, 0.25) is 5.91 Å². The van der Waals surface area contributed by atoms with E-state index in [4.69, 9.17) is 0 Å². The van der Waals surface area contributed by atoms with Gasteiger partial charge in [0.05, 0.1) is 6.10 Å². The Kier molecular flexibility index (Phi) is 4.29. The third-order valence-corrected chi connectivity index (χ3v) is 4.58. The van der Waals surface area contributed by atoms with Crippen LogP contribution in [0.4, 0.5) is 0 Å². The summed E-state index contributed by atoms with van der Waals surface area (Å²) in [6.45, 7) is 0. The third kappa shape index (κ3) is 3.06. The Morgan fingerprint density at radius 3 is 2.41 bits per heavy atom. The van der Waals surface area contributed by atoms with Crippen molar-refractivity contribution in [3.63, 3.8) is 0 Å². The number of hydrogen-bond donors (Lipinski definition) is 4. The highest BCUT2D eigenvalue weighted by Crippen LogP contribution is 2.36. The molecule has 1 aromatic carbocycles. The summed E-state index contributed by atoms with van der Waals surface area (Å²) in [6.07, 6.45) is -0.308. The van der Waals surface area contributed by atoms with E-state index >= 15 is 0 Å². The quantitative estimate of drug-likeness (QED) is 0.653. The van der Waals surface area contributed by atoms with Crippen molar-refractivity contribution in [1.82, 2.24) is 5.32 Å². The summed E-state index contributed by atoms with van der Waals surface area (Å²) < 4.78 is 0. The van der Waals surface area contributed by atoms with Crippen molar-refractivity contribution in [2.75, 3.05) is 0 Å². The summed E-state index contributed by atoms with van der Waals surface area (Å²) in [5, 5.41) is 31.6. The molecule has 0 radical (unpaired) electrons. The first-order valence-corrected chi connectivity index (χ1v) is 7.65. The lowest BCUT2D eigenvalue weighted by molar-refractivity contribution is -0.120. The molecule has 0 aromatic heterocycles. The van der Waals surface area contributed by atoms with Crippen LogP contribution in [0.25, 0.3) is 0 Å². The zero-order valence-electron chi connectivity index (χ0n) is 12.2. The number of aliphatic hydroxyl groups is 3. The summed E-state index contributed by atoms with van der Waals surface area (Å²) in [5.74, 6) is 0.214. The van der Waals surface area contributed by atoms with Crippen LogP contribution >= 0.6 is 0 Å². The molecule has 1 saturated carbocycles. The summed E-state index contributed by atoms with van der Waals surface area (Å²) in [4.78, 5) is 12.2. The molecule has 1 fully saturated rings. The Morgan fingerprint density at radius 2 is 1.77 bits per heavy atom. The first-order chi connectivity index (χ1) is 10.5. The Morgan fingerprint density at radius 1 is 1.09 bits per heavy atom. The van der Waals surface area contributed by atoms with Crippen LogP contribution in [0.1, 0.15) is 30.7 Å². The number of carbonyl (C=O) groups is 1. The molecule has 1 amide bonds. The van der Waals surface area contributed by atoms with Crippen LogP contribution < -0.4 is 5.32 Å². The molecule has 0 spiro atoms. The van der Waals surface area contributed by atoms with E-state index in [-0.39, 0.29) is 18.4 Å². The standard InChI is InChI=1S/C17H21NO4/c19-14-8-12(9-15(20)16(14)21)17(22)18-13-6-11(7-13)10-4-2-1-3-5-10/h1-5,8,11,13-16,19-21H,6-7,9H2,(H,18,22)/t11?,13?,14-,15-,16-/m1/s1. The minimum absolute atomic E-state index is 0.0683. The van der Waals surface area contributed by atoms with Gasteiger partial charge in [0.1, 0.15) is 12.2 Å². The summed E-state index contributed by atoms with van der Waals surface area (Å²) in [7, 11) is 0. The van der Waals surface area contributed by atoms with Gasteiger partial charge in [-0.3, -0.25) is 4.79 Å². The van der Waals surface area contributed by atoms with Gasteiger partial charge >= 0.3 is 0 Å². The van der Waals surface area contributed by atoms with Crippen LogP contribution in [0, 0.1) is 0 Å². The van der Waals surface area contributed by atoms with Gasteiger partial charge in [-0.05, 0) is 30.4 Å². The molecule has 4 N–H and O–H groups in total. The monoisotopic (exact) mass is 303 g/mol. The Balaban J connectivity index is 1.53. The first kappa shape index (κ1) is 15.2. The van der Waals surface area contributed by atoms with E-state index in [9.17, 15) is 20.1 Å². The van der Waals surface area contributed by atoms with Crippen molar-refractivity contribution in [2.45, 2.75) is 49.5 Å². The number of benzene rings is 1. The van der Waals surface area contributed by atoms with Gasteiger partial charge in [0.15, 0.2) is 0 Å². The lowest BCUT2D eigenvalue weighted by Gasteiger charge is -2.37. The van der Waals surface area contributed by atoms with E-state index in [1.165, 1.54) is 11.6 Å². The van der Waals surface area contributed by atoms with E-state index in [1.807, 2.05) is 18.2 Å². The van der Waals surface area contributed by atoms with Crippen LogP contribution in [-0.4, -0.2) is 45.6 Å². The number of rotatable bonds is 3. The van der Waals surface area contributed by atoms with E-state index in [0.717, 1.165) is 12.8 Å². The normalized spacial score (nSPS) is 34.5. The molecule has 5 heteroatoms. The number of nitrogens with one attached hydrogen (secondary N) is 1. The molecule has 0 unspecified atom stereocenters. The number of hydrogen-bond acceptors (Lipinski definition) is 4. The zero-order valence-corrected chi connectivity index (χ0v) is 12.2. The first-order valence-electron chi connectivity index (χ1n) is 7.65. The Hall–Kier alpha value is -1.69. The fourth-order valence-corrected chi connectivity index (χ4v) is 3.13. The number of aliphatic hydroxyl groups excluding tert-OH is 3. The predicted molar refractivity (Wildman–Crippen MR) is 81.1 cm³/mol. The topological polar surface area (TPSA) is 89.8 Å². The second-order valence-corrected chi connectivity index (χ2v) is 6.19. The molecule has 3 rings (SSSR count). The van der Waals surface area contributed by atoms with Gasteiger partial charge in [0, 0.05) is 18.0 Å². The molecule has 118 valence electrons. The summed E-state index contributed by atoms with van der Waals surface area (Å²) in [6, 6.07) is 10.3. The van der Waals surface area contributed by atoms with Crippen molar-refractivity contribution in [1.29, 1.82) is 0 Å². The van der Waals surface area contributed by atoms with Crippen molar-refractivity contribution < 1.29 is 20.1 Å². The largest absolute Gasteiger partial charge is 0.390 e. The predicted octanol–water partition coefficient (Wildman–Crippen LogP) is 0.462. The van der Waals surface area contributed by atoms with Crippen LogP contribution in [0.15, 0.2) is 42.0 Å². The maximum absolute atomic E-state index is 12.2. The third-order valence-electron chi connectivity index (χ3n) is 4.58. The summed E-state index contributed by atoms with van der Waals surface area (Å²) >= 11 is 0. The highest BCUT2D eigenvalue weighted by Gasteiger charge is 2.35. The molecule has 3 atom stereocenters. The van der Waals surface area contributed by atoms with Gasteiger partial charge in [-0.1, -0.05) is 30.3 Å². The Bertz CT molecular complexity index is 565. The van der Waals surface area contributed by atoms with Gasteiger partial charge in [-0.2, -0.15) is 0 Å².